The minimum absolute atomic E-state index is 0.109. The SMILES string of the molecule is N[C@@H]1CCC[C@H]1CC(=O)NCc1cccc(Br)c1. The molecule has 0 aliphatic heterocycles. The Morgan fingerprint density at radius 2 is 2.28 bits per heavy atom. The first-order chi connectivity index (χ1) is 8.65. The molecule has 98 valence electrons. The number of carbonyl (C=O) groups is 1. The Balaban J connectivity index is 1.78. The fourth-order valence-electron chi connectivity index (χ4n) is 2.48. The molecule has 0 saturated heterocycles. The van der Waals surface area contributed by atoms with Crippen molar-refractivity contribution in [3.05, 3.63) is 34.3 Å². The average molecular weight is 311 g/mol. The maximum Gasteiger partial charge on any atom is 0.220 e. The highest BCUT2D eigenvalue weighted by Crippen LogP contribution is 2.26. The standard InChI is InChI=1S/C14H19BrN2O/c15-12-5-1-3-10(7-12)9-17-14(18)8-11-4-2-6-13(11)16/h1,3,5,7,11,13H,2,4,6,8-9,16H2,(H,17,18)/t11-,13+/m0/s1. The zero-order valence-corrected chi connectivity index (χ0v) is 11.9. The monoisotopic (exact) mass is 310 g/mol. The highest BCUT2D eigenvalue weighted by molar-refractivity contribution is 9.10. The van der Waals surface area contributed by atoms with E-state index in [-0.39, 0.29) is 11.9 Å². The molecule has 1 amide bonds. The van der Waals surface area contributed by atoms with E-state index >= 15 is 0 Å². The Morgan fingerprint density at radius 1 is 1.44 bits per heavy atom. The zero-order valence-electron chi connectivity index (χ0n) is 10.4. The summed E-state index contributed by atoms with van der Waals surface area (Å²) in [7, 11) is 0. The lowest BCUT2D eigenvalue weighted by molar-refractivity contribution is -0.122. The lowest BCUT2D eigenvalue weighted by Crippen LogP contribution is -2.31. The van der Waals surface area contributed by atoms with Gasteiger partial charge in [0, 0.05) is 23.5 Å². The first-order valence-electron chi connectivity index (χ1n) is 6.42. The van der Waals surface area contributed by atoms with Gasteiger partial charge >= 0.3 is 0 Å². The minimum Gasteiger partial charge on any atom is -0.352 e. The number of carbonyl (C=O) groups excluding carboxylic acids is 1. The molecule has 18 heavy (non-hydrogen) atoms. The third kappa shape index (κ3) is 3.82. The summed E-state index contributed by atoms with van der Waals surface area (Å²) in [4.78, 5) is 11.8. The number of nitrogens with two attached hydrogens (primary N) is 1. The van der Waals surface area contributed by atoms with Crippen molar-refractivity contribution in [3.8, 4) is 0 Å². The molecule has 3 nitrogen and oxygen atoms in total. The second kappa shape index (κ2) is 6.34. The molecule has 2 atom stereocenters. The molecular weight excluding hydrogens is 292 g/mol. The van der Waals surface area contributed by atoms with Gasteiger partial charge in [-0.2, -0.15) is 0 Å². The first kappa shape index (κ1) is 13.6. The van der Waals surface area contributed by atoms with Crippen molar-refractivity contribution in [2.75, 3.05) is 0 Å². The van der Waals surface area contributed by atoms with Crippen molar-refractivity contribution >= 4 is 21.8 Å². The van der Waals surface area contributed by atoms with E-state index in [2.05, 4.69) is 21.2 Å². The molecule has 0 bridgehead atoms. The van der Waals surface area contributed by atoms with Crippen molar-refractivity contribution in [2.24, 2.45) is 11.7 Å². The maximum atomic E-state index is 11.8. The van der Waals surface area contributed by atoms with Crippen LogP contribution in [0.4, 0.5) is 0 Å². The number of halogens is 1. The molecule has 4 heteroatoms. The van der Waals surface area contributed by atoms with Gasteiger partial charge in [-0.3, -0.25) is 4.79 Å². The van der Waals surface area contributed by atoms with E-state index in [1.807, 2.05) is 24.3 Å². The Hall–Kier alpha value is -0.870. The van der Waals surface area contributed by atoms with E-state index in [0.29, 0.717) is 18.9 Å². The molecule has 0 spiro atoms. The molecule has 1 aromatic rings. The van der Waals surface area contributed by atoms with Gasteiger partial charge in [0.05, 0.1) is 0 Å². The van der Waals surface area contributed by atoms with Crippen LogP contribution in [-0.2, 0) is 11.3 Å². The Bertz CT molecular complexity index is 422. The summed E-state index contributed by atoms with van der Waals surface area (Å²) in [6, 6.07) is 8.18. The largest absolute Gasteiger partial charge is 0.352 e. The van der Waals surface area contributed by atoms with E-state index < -0.39 is 0 Å². The summed E-state index contributed by atoms with van der Waals surface area (Å²) in [6.07, 6.45) is 3.87. The number of rotatable bonds is 4. The maximum absolute atomic E-state index is 11.8. The molecule has 1 saturated carbocycles. The summed E-state index contributed by atoms with van der Waals surface area (Å²) in [5.74, 6) is 0.477. The van der Waals surface area contributed by atoms with Crippen molar-refractivity contribution < 1.29 is 4.79 Å². The fraction of sp³-hybridized carbons (Fsp3) is 0.500. The van der Waals surface area contributed by atoms with Gasteiger partial charge in [0.1, 0.15) is 0 Å². The van der Waals surface area contributed by atoms with E-state index in [1.54, 1.807) is 0 Å². The van der Waals surface area contributed by atoms with Crippen LogP contribution in [0.3, 0.4) is 0 Å². The molecular formula is C14H19BrN2O. The third-order valence-corrected chi connectivity index (χ3v) is 4.04. The summed E-state index contributed by atoms with van der Waals surface area (Å²) >= 11 is 3.42. The van der Waals surface area contributed by atoms with E-state index in [9.17, 15) is 4.79 Å². The van der Waals surface area contributed by atoms with E-state index in [4.69, 9.17) is 5.73 Å². The van der Waals surface area contributed by atoms with Gasteiger partial charge < -0.3 is 11.1 Å². The van der Waals surface area contributed by atoms with E-state index in [1.165, 1.54) is 0 Å². The van der Waals surface area contributed by atoms with Gasteiger partial charge in [-0.1, -0.05) is 34.5 Å². The van der Waals surface area contributed by atoms with E-state index in [0.717, 1.165) is 29.3 Å². The summed E-state index contributed by atoms with van der Waals surface area (Å²) in [6.45, 7) is 0.584. The van der Waals surface area contributed by atoms with Gasteiger partial charge in [0.25, 0.3) is 0 Å². The van der Waals surface area contributed by atoms with Crippen LogP contribution >= 0.6 is 15.9 Å². The molecule has 0 unspecified atom stereocenters. The van der Waals surface area contributed by atoms with Gasteiger partial charge in [0.2, 0.25) is 5.91 Å². The minimum atomic E-state index is 0.109. The molecule has 0 heterocycles. The number of benzene rings is 1. The second-order valence-corrected chi connectivity index (χ2v) is 5.88. The normalized spacial score (nSPS) is 23.0. The molecule has 0 radical (unpaired) electrons. The van der Waals surface area contributed by atoms with Crippen LogP contribution in [0.25, 0.3) is 0 Å². The molecule has 1 aliphatic carbocycles. The fourth-order valence-corrected chi connectivity index (χ4v) is 2.92. The van der Waals surface area contributed by atoms with Crippen LogP contribution in [0.2, 0.25) is 0 Å². The smallest absolute Gasteiger partial charge is 0.220 e. The quantitative estimate of drug-likeness (QED) is 0.898. The molecule has 1 aromatic carbocycles. The highest BCUT2D eigenvalue weighted by atomic mass is 79.9. The Kier molecular flexibility index (Phi) is 4.78. The van der Waals surface area contributed by atoms with Crippen LogP contribution in [0, 0.1) is 5.92 Å². The van der Waals surface area contributed by atoms with Gasteiger partial charge in [0.15, 0.2) is 0 Å². The highest BCUT2D eigenvalue weighted by Gasteiger charge is 2.25. The van der Waals surface area contributed by atoms with Crippen molar-refractivity contribution in [1.29, 1.82) is 0 Å². The Morgan fingerprint density at radius 3 is 2.94 bits per heavy atom. The van der Waals surface area contributed by atoms with Crippen LogP contribution in [0.5, 0.6) is 0 Å². The van der Waals surface area contributed by atoms with Crippen molar-refractivity contribution in [3.63, 3.8) is 0 Å². The molecule has 2 rings (SSSR count). The Labute approximate surface area is 116 Å². The molecule has 1 fully saturated rings. The summed E-state index contributed by atoms with van der Waals surface area (Å²) < 4.78 is 1.03. The summed E-state index contributed by atoms with van der Waals surface area (Å²) in [5.41, 5.74) is 7.07. The van der Waals surface area contributed by atoms with Gasteiger partial charge in [-0.05, 0) is 36.5 Å². The lowest BCUT2D eigenvalue weighted by Gasteiger charge is -2.14. The van der Waals surface area contributed by atoms with Gasteiger partial charge in [-0.25, -0.2) is 0 Å². The predicted octanol–water partition coefficient (Wildman–Crippen LogP) is 2.58. The topological polar surface area (TPSA) is 55.1 Å². The van der Waals surface area contributed by atoms with Crippen LogP contribution in [0.15, 0.2) is 28.7 Å². The number of amides is 1. The number of hydrogen-bond donors (Lipinski definition) is 2. The van der Waals surface area contributed by atoms with Gasteiger partial charge in [-0.15, -0.1) is 0 Å². The van der Waals surface area contributed by atoms with Crippen molar-refractivity contribution in [1.82, 2.24) is 5.32 Å². The molecule has 0 aromatic heterocycles. The van der Waals surface area contributed by atoms with Crippen LogP contribution in [-0.4, -0.2) is 11.9 Å². The van der Waals surface area contributed by atoms with Crippen LogP contribution < -0.4 is 11.1 Å². The number of hydrogen-bond acceptors (Lipinski definition) is 2. The molecule has 3 N–H and O–H groups in total. The van der Waals surface area contributed by atoms with Crippen molar-refractivity contribution in [2.45, 2.75) is 38.3 Å². The third-order valence-electron chi connectivity index (χ3n) is 3.54. The predicted molar refractivity (Wildman–Crippen MR) is 75.9 cm³/mol. The second-order valence-electron chi connectivity index (χ2n) is 4.97. The lowest BCUT2D eigenvalue weighted by atomic mass is 10.00. The van der Waals surface area contributed by atoms with Crippen LogP contribution in [0.1, 0.15) is 31.2 Å². The first-order valence-corrected chi connectivity index (χ1v) is 7.21. The summed E-state index contributed by atoms with van der Waals surface area (Å²) in [5, 5.41) is 2.96. The average Bonchev–Trinajstić information content (AvgIpc) is 2.73. The number of nitrogens with one attached hydrogen (secondary N) is 1. The zero-order chi connectivity index (χ0) is 13.0. The molecule has 1 aliphatic rings.